The molecule has 1 amide bonds. The minimum atomic E-state index is -0.301. The fraction of sp³-hybridized carbons (Fsp3) is 0.111. The molecular weight excluding hydrogens is 327 g/mol. The maximum absolute atomic E-state index is 12.8. The number of aryl methyl sites for hydroxylation is 1. The lowest BCUT2D eigenvalue weighted by atomic mass is 10.2. The summed E-state index contributed by atoms with van der Waals surface area (Å²) >= 11 is 1.49. The van der Waals surface area contributed by atoms with E-state index in [9.17, 15) is 9.18 Å². The van der Waals surface area contributed by atoms with Gasteiger partial charge in [-0.1, -0.05) is 12.1 Å². The molecule has 0 aliphatic rings. The molecule has 4 nitrogen and oxygen atoms in total. The Labute approximate surface area is 142 Å². The molecule has 6 heteroatoms. The highest BCUT2D eigenvalue weighted by Crippen LogP contribution is 2.28. The van der Waals surface area contributed by atoms with Gasteiger partial charge in [0.15, 0.2) is 10.8 Å². The molecule has 122 valence electrons. The number of rotatable bonds is 5. The standard InChI is InChI=1S/C18H15FN2O2S/c1-12-16(24-18(21-12)15-3-2-10-23-15)11-20-17(22)9-6-13-4-7-14(19)8-5-13/h2-10H,11H2,1H3,(H,20,22)/b9-6+. The lowest BCUT2D eigenvalue weighted by molar-refractivity contribution is -0.116. The van der Waals surface area contributed by atoms with Gasteiger partial charge in [0.2, 0.25) is 5.91 Å². The van der Waals surface area contributed by atoms with Crippen molar-refractivity contribution >= 4 is 23.3 Å². The Morgan fingerprint density at radius 2 is 2.12 bits per heavy atom. The molecule has 0 saturated carbocycles. The van der Waals surface area contributed by atoms with Gasteiger partial charge >= 0.3 is 0 Å². The Balaban J connectivity index is 1.59. The second kappa shape index (κ2) is 7.23. The largest absolute Gasteiger partial charge is 0.462 e. The number of halogens is 1. The summed E-state index contributed by atoms with van der Waals surface area (Å²) in [6.45, 7) is 2.30. The Bertz CT molecular complexity index is 852. The summed E-state index contributed by atoms with van der Waals surface area (Å²) in [6.07, 6.45) is 4.67. The minimum absolute atomic E-state index is 0.216. The quantitative estimate of drug-likeness (QED) is 0.708. The maximum Gasteiger partial charge on any atom is 0.244 e. The zero-order valence-corrected chi connectivity index (χ0v) is 13.8. The molecule has 0 bridgehead atoms. The second-order valence-corrected chi connectivity index (χ2v) is 6.19. The molecule has 0 aliphatic carbocycles. The Kier molecular flexibility index (Phi) is 4.86. The van der Waals surface area contributed by atoms with Gasteiger partial charge in [-0.15, -0.1) is 11.3 Å². The van der Waals surface area contributed by atoms with E-state index in [0.717, 1.165) is 26.9 Å². The molecule has 0 atom stereocenters. The highest BCUT2D eigenvalue weighted by atomic mass is 32.1. The summed E-state index contributed by atoms with van der Waals surface area (Å²) in [6, 6.07) is 9.60. The van der Waals surface area contributed by atoms with Gasteiger partial charge in [-0.2, -0.15) is 0 Å². The normalized spacial score (nSPS) is 11.1. The van der Waals surface area contributed by atoms with Crippen molar-refractivity contribution in [2.24, 2.45) is 0 Å². The molecule has 1 N–H and O–H groups in total. The van der Waals surface area contributed by atoms with Crippen molar-refractivity contribution in [1.82, 2.24) is 10.3 Å². The van der Waals surface area contributed by atoms with Crippen LogP contribution in [0.5, 0.6) is 0 Å². The van der Waals surface area contributed by atoms with E-state index < -0.39 is 0 Å². The third kappa shape index (κ3) is 3.97. The van der Waals surface area contributed by atoms with Gasteiger partial charge in [-0.05, 0) is 42.8 Å². The second-order valence-electron chi connectivity index (χ2n) is 5.11. The number of nitrogens with zero attached hydrogens (tertiary/aromatic N) is 1. The smallest absolute Gasteiger partial charge is 0.244 e. The monoisotopic (exact) mass is 342 g/mol. The van der Waals surface area contributed by atoms with Crippen LogP contribution in [0.15, 0.2) is 53.2 Å². The van der Waals surface area contributed by atoms with Gasteiger partial charge in [0.1, 0.15) is 5.82 Å². The number of hydrogen-bond donors (Lipinski definition) is 1. The predicted molar refractivity (Wildman–Crippen MR) is 91.8 cm³/mol. The first kappa shape index (κ1) is 16.1. The molecule has 24 heavy (non-hydrogen) atoms. The van der Waals surface area contributed by atoms with Crippen molar-refractivity contribution in [1.29, 1.82) is 0 Å². The third-order valence-electron chi connectivity index (χ3n) is 3.34. The summed E-state index contributed by atoms with van der Waals surface area (Å²) < 4.78 is 18.2. The maximum atomic E-state index is 12.8. The van der Waals surface area contributed by atoms with Crippen LogP contribution >= 0.6 is 11.3 Å². The molecule has 3 rings (SSSR count). The van der Waals surface area contributed by atoms with Crippen LogP contribution in [-0.4, -0.2) is 10.9 Å². The first-order chi connectivity index (χ1) is 11.6. The molecule has 0 aliphatic heterocycles. The molecule has 0 fully saturated rings. The van der Waals surface area contributed by atoms with Crippen LogP contribution in [0.3, 0.4) is 0 Å². The lowest BCUT2D eigenvalue weighted by Gasteiger charge is -2.00. The molecule has 0 unspecified atom stereocenters. The number of amides is 1. The van der Waals surface area contributed by atoms with Gasteiger partial charge in [0, 0.05) is 11.0 Å². The topological polar surface area (TPSA) is 55.1 Å². The zero-order valence-electron chi connectivity index (χ0n) is 13.0. The highest BCUT2D eigenvalue weighted by Gasteiger charge is 2.11. The van der Waals surface area contributed by atoms with Crippen LogP contribution in [0.4, 0.5) is 4.39 Å². The molecular formula is C18H15FN2O2S. The van der Waals surface area contributed by atoms with Gasteiger partial charge < -0.3 is 9.73 Å². The van der Waals surface area contributed by atoms with Crippen molar-refractivity contribution in [2.45, 2.75) is 13.5 Å². The van der Waals surface area contributed by atoms with Gasteiger partial charge in [0.25, 0.3) is 0 Å². The minimum Gasteiger partial charge on any atom is -0.462 e. The highest BCUT2D eigenvalue weighted by molar-refractivity contribution is 7.15. The van der Waals surface area contributed by atoms with Gasteiger partial charge in [-0.25, -0.2) is 9.37 Å². The number of furan rings is 1. The van der Waals surface area contributed by atoms with Crippen molar-refractivity contribution in [3.05, 3.63) is 70.7 Å². The van der Waals surface area contributed by atoms with Crippen LogP contribution in [0.2, 0.25) is 0 Å². The Morgan fingerprint density at radius 1 is 1.33 bits per heavy atom. The number of benzene rings is 1. The van der Waals surface area contributed by atoms with E-state index in [1.54, 1.807) is 24.5 Å². The summed E-state index contributed by atoms with van der Waals surface area (Å²) in [4.78, 5) is 17.3. The molecule has 0 saturated heterocycles. The molecule has 0 spiro atoms. The summed E-state index contributed by atoms with van der Waals surface area (Å²) in [7, 11) is 0. The molecule has 2 heterocycles. The molecule has 1 aromatic carbocycles. The zero-order chi connectivity index (χ0) is 16.9. The number of nitrogens with one attached hydrogen (secondary N) is 1. The Hall–Kier alpha value is -2.73. The van der Waals surface area contributed by atoms with Crippen molar-refractivity contribution in [3.63, 3.8) is 0 Å². The molecule has 3 aromatic rings. The van der Waals surface area contributed by atoms with E-state index in [1.807, 2.05) is 19.1 Å². The van der Waals surface area contributed by atoms with E-state index in [4.69, 9.17) is 4.42 Å². The first-order valence-electron chi connectivity index (χ1n) is 7.33. The number of thiazole rings is 1. The first-order valence-corrected chi connectivity index (χ1v) is 8.15. The van der Waals surface area contributed by atoms with Gasteiger partial charge in [-0.3, -0.25) is 4.79 Å². The van der Waals surface area contributed by atoms with Gasteiger partial charge in [0.05, 0.1) is 18.5 Å². The summed E-state index contributed by atoms with van der Waals surface area (Å²) in [5.41, 5.74) is 1.63. The summed E-state index contributed by atoms with van der Waals surface area (Å²) in [5, 5.41) is 3.62. The number of hydrogen-bond acceptors (Lipinski definition) is 4. The van der Waals surface area contributed by atoms with Crippen molar-refractivity contribution in [2.75, 3.05) is 0 Å². The average molecular weight is 342 g/mol. The number of aromatic nitrogens is 1. The fourth-order valence-corrected chi connectivity index (χ4v) is 3.04. The Morgan fingerprint density at radius 3 is 2.83 bits per heavy atom. The molecule has 0 radical (unpaired) electrons. The van der Waals surface area contributed by atoms with Crippen molar-refractivity contribution < 1.29 is 13.6 Å². The SMILES string of the molecule is Cc1nc(-c2ccco2)sc1CNC(=O)/C=C/c1ccc(F)cc1. The van der Waals surface area contributed by atoms with Crippen LogP contribution in [0.1, 0.15) is 16.1 Å². The number of carbonyl (C=O) groups is 1. The fourth-order valence-electron chi connectivity index (χ4n) is 2.07. The van der Waals surface area contributed by atoms with E-state index in [1.165, 1.54) is 29.5 Å². The van der Waals surface area contributed by atoms with Crippen LogP contribution in [0.25, 0.3) is 16.8 Å². The van der Waals surface area contributed by atoms with E-state index >= 15 is 0 Å². The van der Waals surface area contributed by atoms with E-state index in [-0.39, 0.29) is 11.7 Å². The lowest BCUT2D eigenvalue weighted by Crippen LogP contribution is -2.20. The summed E-state index contributed by atoms with van der Waals surface area (Å²) in [5.74, 6) is 0.202. The van der Waals surface area contributed by atoms with Crippen molar-refractivity contribution in [3.8, 4) is 10.8 Å². The van der Waals surface area contributed by atoms with Crippen LogP contribution < -0.4 is 5.32 Å². The van der Waals surface area contributed by atoms with Crippen LogP contribution in [-0.2, 0) is 11.3 Å². The third-order valence-corrected chi connectivity index (χ3v) is 4.52. The van der Waals surface area contributed by atoms with E-state index in [0.29, 0.717) is 6.54 Å². The average Bonchev–Trinajstić information content (AvgIpc) is 3.22. The van der Waals surface area contributed by atoms with E-state index in [2.05, 4.69) is 10.3 Å². The predicted octanol–water partition coefficient (Wildman–Crippen LogP) is 4.18. The molecule has 2 aromatic heterocycles. The number of carbonyl (C=O) groups excluding carboxylic acids is 1. The van der Waals surface area contributed by atoms with Crippen LogP contribution in [0, 0.1) is 12.7 Å².